The van der Waals surface area contributed by atoms with Crippen LogP contribution >= 0.6 is 31.9 Å². The molecule has 1 saturated heterocycles. The number of unbranched alkanes of at least 4 members (excludes halogenated alkanes) is 1. The number of nitrogens with zero attached hydrogens (tertiary/aromatic N) is 1. The predicted molar refractivity (Wildman–Crippen MR) is 150 cm³/mol. The molecule has 1 spiro atoms. The van der Waals surface area contributed by atoms with Gasteiger partial charge in [0.05, 0.1) is 0 Å². The van der Waals surface area contributed by atoms with Crippen molar-refractivity contribution < 1.29 is 14.3 Å². The smallest absolute Gasteiger partial charge is 0.336 e. The summed E-state index contributed by atoms with van der Waals surface area (Å²) in [6.45, 7) is 6.85. The highest BCUT2D eigenvalue weighted by molar-refractivity contribution is 9.10. The Kier molecular flexibility index (Phi) is 7.73. The van der Waals surface area contributed by atoms with Gasteiger partial charge < -0.3 is 21.1 Å². The minimum atomic E-state index is -1.72. The molecule has 2 aliphatic rings. The highest BCUT2D eigenvalue weighted by Crippen LogP contribution is 2.55. The summed E-state index contributed by atoms with van der Waals surface area (Å²) < 4.78 is 7.68. The van der Waals surface area contributed by atoms with Gasteiger partial charge in [-0.1, -0.05) is 44.0 Å². The largest absolute Gasteiger partial charge is 0.458 e. The van der Waals surface area contributed by atoms with E-state index in [0.29, 0.717) is 32.5 Å². The van der Waals surface area contributed by atoms with E-state index in [4.69, 9.17) is 16.2 Å². The molecule has 1 aliphatic carbocycles. The van der Waals surface area contributed by atoms with Crippen LogP contribution < -0.4 is 11.5 Å². The molecule has 1 atom stereocenters. The van der Waals surface area contributed by atoms with Crippen LogP contribution in [0.15, 0.2) is 45.3 Å². The van der Waals surface area contributed by atoms with E-state index in [1.54, 1.807) is 25.7 Å². The summed E-state index contributed by atoms with van der Waals surface area (Å²) >= 11 is 7.31. The zero-order valence-electron chi connectivity index (χ0n) is 21.2. The van der Waals surface area contributed by atoms with E-state index in [1.807, 2.05) is 0 Å². The number of fused-ring (bicyclic) bond motifs is 5. The van der Waals surface area contributed by atoms with Crippen LogP contribution in [0.5, 0.6) is 0 Å². The van der Waals surface area contributed by atoms with Crippen LogP contribution in [0.2, 0.25) is 0 Å². The predicted octanol–water partition coefficient (Wildman–Crippen LogP) is 5.27. The molecule has 0 bridgehead atoms. The molecule has 1 unspecified atom stereocenters. The molecule has 36 heavy (non-hydrogen) atoms. The molecule has 4 rings (SSSR count). The first kappa shape index (κ1) is 27.3. The maximum Gasteiger partial charge on any atom is 0.336 e. The average Bonchev–Trinajstić information content (AvgIpc) is 3.06. The number of halogens is 2. The van der Waals surface area contributed by atoms with Gasteiger partial charge in [0.15, 0.2) is 5.54 Å². The van der Waals surface area contributed by atoms with Crippen LogP contribution in [0.25, 0.3) is 11.1 Å². The number of carbonyl (C=O) groups excluding carboxylic acids is 2. The van der Waals surface area contributed by atoms with Gasteiger partial charge in [0.25, 0.3) is 5.91 Å². The Morgan fingerprint density at radius 2 is 1.50 bits per heavy atom. The van der Waals surface area contributed by atoms with Gasteiger partial charge in [0, 0.05) is 27.4 Å². The van der Waals surface area contributed by atoms with Crippen molar-refractivity contribution in [2.45, 2.75) is 69.4 Å². The van der Waals surface area contributed by atoms with Gasteiger partial charge in [-0.3, -0.25) is 4.79 Å². The molecule has 6 nitrogen and oxygen atoms in total. The van der Waals surface area contributed by atoms with Crippen LogP contribution in [-0.4, -0.2) is 47.6 Å². The van der Waals surface area contributed by atoms with Gasteiger partial charge in [-0.15, -0.1) is 0 Å². The molecule has 1 fully saturated rings. The lowest BCUT2D eigenvalue weighted by Gasteiger charge is -2.43. The maximum atomic E-state index is 13.8. The molecule has 4 N–H and O–H groups in total. The minimum Gasteiger partial charge on any atom is -0.458 e. The maximum absolute atomic E-state index is 13.8. The molecule has 0 radical (unpaired) electrons. The Morgan fingerprint density at radius 1 is 0.972 bits per heavy atom. The van der Waals surface area contributed by atoms with Crippen molar-refractivity contribution >= 4 is 43.7 Å². The van der Waals surface area contributed by atoms with E-state index in [1.165, 1.54) is 22.3 Å². The van der Waals surface area contributed by atoms with E-state index in [-0.39, 0.29) is 17.7 Å². The number of hydrogen-bond donors (Lipinski definition) is 2. The summed E-state index contributed by atoms with van der Waals surface area (Å²) in [7, 11) is 0. The number of benzene rings is 2. The first-order chi connectivity index (χ1) is 16.9. The summed E-state index contributed by atoms with van der Waals surface area (Å²) in [6, 6.07) is 12.9. The molecule has 0 saturated carbocycles. The molecule has 2 aromatic rings. The second-order valence-corrected chi connectivity index (χ2v) is 12.8. The van der Waals surface area contributed by atoms with Crippen molar-refractivity contribution in [1.82, 2.24) is 4.90 Å². The number of ether oxygens (including phenoxy) is 1. The fraction of sp³-hybridized carbons (Fsp3) is 0.500. The number of hydrogen-bond acceptors (Lipinski definition) is 5. The van der Waals surface area contributed by atoms with Gasteiger partial charge in [0.1, 0.15) is 5.60 Å². The third-order valence-corrected chi connectivity index (χ3v) is 8.35. The summed E-state index contributed by atoms with van der Waals surface area (Å²) in [6.07, 6.45) is 2.98. The third kappa shape index (κ3) is 5.02. The second kappa shape index (κ2) is 10.2. The molecule has 0 aromatic heterocycles. The first-order valence-electron chi connectivity index (χ1n) is 12.5. The van der Waals surface area contributed by atoms with Crippen molar-refractivity contribution in [3.63, 3.8) is 0 Å². The summed E-state index contributed by atoms with van der Waals surface area (Å²) in [5.74, 6) is -1.02. The Hall–Kier alpha value is -1.74. The number of esters is 1. The van der Waals surface area contributed by atoms with Crippen molar-refractivity contribution in [2.24, 2.45) is 11.5 Å². The van der Waals surface area contributed by atoms with E-state index in [0.717, 1.165) is 21.8 Å². The molecule has 1 aliphatic heterocycles. The van der Waals surface area contributed by atoms with Crippen molar-refractivity contribution in [3.05, 3.63) is 56.5 Å². The van der Waals surface area contributed by atoms with Gasteiger partial charge in [0.2, 0.25) is 0 Å². The molecule has 2 aromatic carbocycles. The third-order valence-electron chi connectivity index (χ3n) is 7.36. The number of piperidine rings is 1. The SMILES string of the molecule is CC(C)(C)OC(=O)C(N)(CCCCN)C(=O)N1CCC2(CC1)c1cc(Br)ccc1-c1ccc(Br)cc12. The van der Waals surface area contributed by atoms with Crippen molar-refractivity contribution in [3.8, 4) is 11.1 Å². The number of nitrogens with two attached hydrogens (primary N) is 2. The van der Waals surface area contributed by atoms with Crippen LogP contribution in [-0.2, 0) is 19.7 Å². The fourth-order valence-corrected chi connectivity index (χ4v) is 6.29. The Labute approximate surface area is 230 Å². The van der Waals surface area contributed by atoms with Gasteiger partial charge in [-0.25, -0.2) is 4.79 Å². The number of amides is 1. The van der Waals surface area contributed by atoms with Crippen molar-refractivity contribution in [1.29, 1.82) is 0 Å². The first-order valence-corrected chi connectivity index (χ1v) is 14.1. The van der Waals surface area contributed by atoms with Crippen LogP contribution in [0.3, 0.4) is 0 Å². The van der Waals surface area contributed by atoms with E-state index >= 15 is 0 Å². The second-order valence-electron chi connectivity index (χ2n) is 11.0. The van der Waals surface area contributed by atoms with Gasteiger partial charge in [-0.05, 0) is 106 Å². The summed E-state index contributed by atoms with van der Waals surface area (Å²) in [4.78, 5) is 28.7. The van der Waals surface area contributed by atoms with E-state index < -0.39 is 17.1 Å². The quantitative estimate of drug-likeness (QED) is 0.260. The van der Waals surface area contributed by atoms with Crippen LogP contribution in [0.4, 0.5) is 0 Å². The van der Waals surface area contributed by atoms with Crippen LogP contribution in [0.1, 0.15) is 64.0 Å². The summed E-state index contributed by atoms with van der Waals surface area (Å²) in [5.41, 5.74) is 14.6. The fourth-order valence-electron chi connectivity index (χ4n) is 5.57. The van der Waals surface area contributed by atoms with Gasteiger partial charge in [-0.2, -0.15) is 0 Å². The molecule has 1 amide bonds. The molecule has 1 heterocycles. The van der Waals surface area contributed by atoms with Crippen molar-refractivity contribution in [2.75, 3.05) is 19.6 Å². The van der Waals surface area contributed by atoms with Gasteiger partial charge >= 0.3 is 5.97 Å². The standard InChI is InChI=1S/C28H35Br2N3O3/c1-26(2,3)36-25(35)28(32,10-4-5-13-31)24(34)33-14-11-27(12-15-33)22-16-18(29)6-8-20(22)21-9-7-19(30)17-23(21)27/h6-9,16-17H,4-5,10-15,31-32H2,1-3H3. The number of rotatable bonds is 6. The zero-order valence-corrected chi connectivity index (χ0v) is 24.4. The number of likely N-dealkylation sites (tertiary alicyclic amines) is 1. The Morgan fingerprint density at radius 3 is 1.97 bits per heavy atom. The average molecular weight is 621 g/mol. The normalized spacial score (nSPS) is 17.9. The Balaban J connectivity index is 1.62. The number of carbonyl (C=O) groups is 2. The lowest BCUT2D eigenvalue weighted by atomic mass is 9.70. The molecule has 8 heteroatoms. The Bertz CT molecular complexity index is 1120. The van der Waals surface area contributed by atoms with E-state index in [9.17, 15) is 9.59 Å². The molecular weight excluding hydrogens is 586 g/mol. The highest BCUT2D eigenvalue weighted by Gasteiger charge is 2.51. The lowest BCUT2D eigenvalue weighted by molar-refractivity contribution is -0.167. The molecular formula is C28H35Br2N3O3. The lowest BCUT2D eigenvalue weighted by Crippen LogP contribution is -2.63. The molecule has 194 valence electrons. The topological polar surface area (TPSA) is 98.6 Å². The minimum absolute atomic E-state index is 0.197. The zero-order chi connectivity index (χ0) is 26.3. The van der Waals surface area contributed by atoms with Crippen LogP contribution in [0, 0.1) is 0 Å². The monoisotopic (exact) mass is 619 g/mol. The van der Waals surface area contributed by atoms with E-state index in [2.05, 4.69) is 68.3 Å². The highest BCUT2D eigenvalue weighted by atomic mass is 79.9. The summed E-state index contributed by atoms with van der Waals surface area (Å²) in [5, 5.41) is 0.